The van der Waals surface area contributed by atoms with Crippen molar-refractivity contribution in [1.82, 2.24) is 5.32 Å². The van der Waals surface area contributed by atoms with Crippen molar-refractivity contribution in [3.63, 3.8) is 0 Å². The van der Waals surface area contributed by atoms with Gasteiger partial charge in [0.2, 0.25) is 0 Å². The van der Waals surface area contributed by atoms with E-state index in [-0.39, 0.29) is 0 Å². The normalized spacial score (nSPS) is 13.2. The van der Waals surface area contributed by atoms with Crippen LogP contribution in [0, 0.1) is 0 Å². The maximum atomic E-state index is 3.23. The van der Waals surface area contributed by atoms with E-state index in [1.165, 1.54) is 19.2 Å². The second kappa shape index (κ2) is 5.78. The summed E-state index contributed by atoms with van der Waals surface area (Å²) in [6.45, 7) is 7.75. The van der Waals surface area contributed by atoms with Gasteiger partial charge in [-0.1, -0.05) is 39.3 Å². The first kappa shape index (κ1) is 10.0. The van der Waals surface area contributed by atoms with Crippen LogP contribution in [0.15, 0.2) is 0 Å². The van der Waals surface area contributed by atoms with Gasteiger partial charge in [-0.15, -0.1) is 0 Å². The number of rotatable bonds is 5. The molecule has 0 aromatic heterocycles. The molecule has 60 valence electrons. The third kappa shape index (κ3) is 3.26. The van der Waals surface area contributed by atoms with Crippen LogP contribution in [0.4, 0.5) is 0 Å². The van der Waals surface area contributed by atoms with Crippen molar-refractivity contribution in [2.24, 2.45) is 0 Å². The first-order valence-corrected chi connectivity index (χ1v) is 4.40. The predicted molar refractivity (Wildman–Crippen MR) is 49.9 cm³/mol. The van der Waals surface area contributed by atoms with E-state index >= 15 is 0 Å². The minimum Gasteiger partial charge on any atom is -0.327 e. The zero-order valence-electron chi connectivity index (χ0n) is 7.78. The molecule has 2 heteroatoms. The van der Waals surface area contributed by atoms with Crippen molar-refractivity contribution in [3.8, 4) is 0 Å². The topological polar surface area (TPSA) is 12.0 Å². The lowest BCUT2D eigenvalue weighted by Gasteiger charge is -2.16. The van der Waals surface area contributed by atoms with E-state index in [9.17, 15) is 0 Å². The molecule has 0 saturated carbocycles. The van der Waals surface area contributed by atoms with Crippen molar-refractivity contribution < 1.29 is 0 Å². The van der Waals surface area contributed by atoms with Gasteiger partial charge in [-0.3, -0.25) is 0 Å². The molecular formula is C8H20BN. The Labute approximate surface area is 65.7 Å². The van der Waals surface area contributed by atoms with Crippen LogP contribution in [0.25, 0.3) is 0 Å². The van der Waals surface area contributed by atoms with Crippen molar-refractivity contribution in [2.75, 3.05) is 13.5 Å². The summed E-state index contributed by atoms with van der Waals surface area (Å²) < 4.78 is 0. The van der Waals surface area contributed by atoms with Gasteiger partial charge < -0.3 is 5.32 Å². The van der Waals surface area contributed by atoms with Crippen LogP contribution in [0.2, 0.25) is 12.1 Å². The van der Waals surface area contributed by atoms with Crippen LogP contribution in [-0.2, 0) is 0 Å². The van der Waals surface area contributed by atoms with E-state index in [4.69, 9.17) is 0 Å². The van der Waals surface area contributed by atoms with Gasteiger partial charge in [0.15, 0.2) is 6.71 Å². The molecule has 10 heavy (non-hydrogen) atoms. The summed E-state index contributed by atoms with van der Waals surface area (Å²) in [5.74, 6) is 0.873. The van der Waals surface area contributed by atoms with Crippen LogP contribution in [0.5, 0.6) is 0 Å². The van der Waals surface area contributed by atoms with Crippen LogP contribution in [-0.4, -0.2) is 20.2 Å². The molecule has 0 spiro atoms. The highest BCUT2D eigenvalue weighted by Crippen LogP contribution is 2.15. The smallest absolute Gasteiger partial charge is 0.158 e. The molecule has 0 fully saturated rings. The molecule has 0 aliphatic rings. The zero-order chi connectivity index (χ0) is 7.98. The van der Waals surface area contributed by atoms with Crippen molar-refractivity contribution in [1.29, 1.82) is 0 Å². The maximum absolute atomic E-state index is 3.23. The molecule has 1 nitrogen and oxygen atoms in total. The van der Waals surface area contributed by atoms with E-state index in [2.05, 4.69) is 26.1 Å². The highest BCUT2D eigenvalue weighted by atomic mass is 14.8. The Kier molecular flexibility index (Phi) is 5.80. The van der Waals surface area contributed by atoms with Crippen molar-refractivity contribution in [2.45, 2.75) is 39.3 Å². The third-order valence-corrected chi connectivity index (χ3v) is 2.44. The Morgan fingerprint density at radius 2 is 2.00 bits per heavy atom. The van der Waals surface area contributed by atoms with Gasteiger partial charge >= 0.3 is 0 Å². The van der Waals surface area contributed by atoms with E-state index in [0.29, 0.717) is 0 Å². The second-order valence-electron chi connectivity index (χ2n) is 3.11. The van der Waals surface area contributed by atoms with Crippen LogP contribution < -0.4 is 5.32 Å². The fourth-order valence-electron chi connectivity index (χ4n) is 1.34. The molecule has 0 radical (unpaired) electrons. The Bertz CT molecular complexity index is 75.7. The third-order valence-electron chi connectivity index (χ3n) is 2.44. The van der Waals surface area contributed by atoms with Crippen molar-refractivity contribution >= 4 is 6.71 Å². The van der Waals surface area contributed by atoms with Gasteiger partial charge in [-0.25, -0.2) is 0 Å². The molecule has 0 amide bonds. The van der Waals surface area contributed by atoms with E-state index in [1.807, 2.05) is 7.05 Å². The molecular weight excluding hydrogens is 121 g/mol. The molecule has 1 atom stereocenters. The van der Waals surface area contributed by atoms with Crippen LogP contribution in [0.3, 0.4) is 0 Å². The Morgan fingerprint density at radius 3 is 2.30 bits per heavy atom. The average molecular weight is 141 g/mol. The quantitative estimate of drug-likeness (QED) is 0.578. The number of hydrogen-bond donors (Lipinski definition) is 1. The summed E-state index contributed by atoms with van der Waals surface area (Å²) in [4.78, 5) is 0. The van der Waals surface area contributed by atoms with Crippen LogP contribution in [0.1, 0.15) is 27.2 Å². The van der Waals surface area contributed by atoms with E-state index in [0.717, 1.165) is 12.5 Å². The van der Waals surface area contributed by atoms with E-state index in [1.54, 1.807) is 0 Å². The molecule has 0 aromatic rings. The number of nitrogens with one attached hydrogen (secondary N) is 1. The van der Waals surface area contributed by atoms with Gasteiger partial charge in [-0.2, -0.15) is 0 Å². The summed E-state index contributed by atoms with van der Waals surface area (Å²) in [5.41, 5.74) is 0. The van der Waals surface area contributed by atoms with Crippen LogP contribution >= 0.6 is 0 Å². The lowest BCUT2D eigenvalue weighted by Crippen LogP contribution is -2.30. The molecule has 1 unspecified atom stereocenters. The van der Waals surface area contributed by atoms with Gasteiger partial charge in [0.25, 0.3) is 0 Å². The summed E-state index contributed by atoms with van der Waals surface area (Å²) in [5, 5.41) is 3.23. The Hall–Kier alpha value is 0.0249. The number of hydrogen-bond acceptors (Lipinski definition) is 1. The fraction of sp³-hybridized carbons (Fsp3) is 1.00. The van der Waals surface area contributed by atoms with Gasteiger partial charge in [-0.05, 0) is 13.5 Å². The Morgan fingerprint density at radius 1 is 1.40 bits per heavy atom. The highest BCUT2D eigenvalue weighted by Gasteiger charge is 2.16. The predicted octanol–water partition coefficient (Wildman–Crippen LogP) is 2.06. The van der Waals surface area contributed by atoms with Gasteiger partial charge in [0.05, 0.1) is 0 Å². The average Bonchev–Trinajstić information content (AvgIpc) is 1.99. The van der Waals surface area contributed by atoms with E-state index < -0.39 is 0 Å². The molecule has 0 aromatic carbocycles. The minimum atomic E-state index is 0.870. The molecule has 0 aliphatic heterocycles. The molecule has 0 bridgehead atoms. The van der Waals surface area contributed by atoms with Gasteiger partial charge in [0, 0.05) is 0 Å². The zero-order valence-corrected chi connectivity index (χ0v) is 7.78. The lowest BCUT2D eigenvalue weighted by atomic mass is 9.39. The van der Waals surface area contributed by atoms with Gasteiger partial charge in [0.1, 0.15) is 0 Å². The largest absolute Gasteiger partial charge is 0.327 e. The summed E-state index contributed by atoms with van der Waals surface area (Å²) in [6.07, 6.45) is 3.78. The minimum absolute atomic E-state index is 0.870. The lowest BCUT2D eigenvalue weighted by molar-refractivity contribution is 0.822. The molecule has 0 saturated heterocycles. The molecule has 0 heterocycles. The highest BCUT2D eigenvalue weighted by molar-refractivity contribution is 6.60. The monoisotopic (exact) mass is 141 g/mol. The van der Waals surface area contributed by atoms with Crippen molar-refractivity contribution in [3.05, 3.63) is 0 Å². The second-order valence-corrected chi connectivity index (χ2v) is 3.11. The molecule has 0 aliphatic carbocycles. The SMILES string of the molecule is CCB(CNC)C(C)CC. The summed E-state index contributed by atoms with van der Waals surface area (Å²) in [7, 11) is 2.03. The first-order chi connectivity index (χ1) is 4.76. The fourth-order valence-corrected chi connectivity index (χ4v) is 1.34. The maximum Gasteiger partial charge on any atom is 0.158 e. The summed E-state index contributed by atoms with van der Waals surface area (Å²) in [6, 6.07) is 0. The standard InChI is InChI=1S/C8H20BN/c1-5-8(3)9(6-2)7-10-4/h8,10H,5-7H2,1-4H3. The Balaban J connectivity index is 3.56. The molecule has 1 N–H and O–H groups in total. The summed E-state index contributed by atoms with van der Waals surface area (Å²) >= 11 is 0. The first-order valence-electron chi connectivity index (χ1n) is 4.40. The molecule has 0 rings (SSSR count).